The lowest BCUT2D eigenvalue weighted by Crippen LogP contribution is -2.49. The highest BCUT2D eigenvalue weighted by Crippen LogP contribution is 2.27. The second-order valence-electron chi connectivity index (χ2n) is 7.03. The molecular formula is C17H36N2. The molecule has 0 aromatic carbocycles. The summed E-state index contributed by atoms with van der Waals surface area (Å²) >= 11 is 0. The molecule has 1 saturated carbocycles. The van der Waals surface area contributed by atoms with Gasteiger partial charge in [-0.15, -0.1) is 0 Å². The Morgan fingerprint density at radius 2 is 1.74 bits per heavy atom. The highest BCUT2D eigenvalue weighted by Gasteiger charge is 2.28. The highest BCUT2D eigenvalue weighted by atomic mass is 15.2. The maximum atomic E-state index is 3.67. The predicted molar refractivity (Wildman–Crippen MR) is 85.6 cm³/mol. The molecule has 0 aliphatic heterocycles. The largest absolute Gasteiger partial charge is 0.313 e. The SMILES string of the molecule is CCCC(CNC(C)C)N(CC(C)C)C1CCCC1. The van der Waals surface area contributed by atoms with E-state index in [1.165, 1.54) is 45.1 Å². The molecule has 1 rings (SSSR count). The van der Waals surface area contributed by atoms with Crippen LogP contribution in [0.1, 0.15) is 73.1 Å². The number of hydrogen-bond donors (Lipinski definition) is 1. The Balaban J connectivity index is 2.64. The summed E-state index contributed by atoms with van der Waals surface area (Å²) in [5.74, 6) is 0.777. The predicted octanol–water partition coefficient (Wildman–Crippen LogP) is 4.05. The van der Waals surface area contributed by atoms with E-state index in [2.05, 4.69) is 44.8 Å². The summed E-state index contributed by atoms with van der Waals surface area (Å²) in [6.45, 7) is 14.0. The molecule has 0 radical (unpaired) electrons. The molecule has 0 amide bonds. The van der Waals surface area contributed by atoms with Crippen LogP contribution in [0.5, 0.6) is 0 Å². The maximum Gasteiger partial charge on any atom is 0.0223 e. The molecule has 114 valence electrons. The van der Waals surface area contributed by atoms with E-state index in [1.54, 1.807) is 0 Å². The van der Waals surface area contributed by atoms with Crippen LogP contribution in [-0.2, 0) is 0 Å². The van der Waals surface area contributed by atoms with E-state index >= 15 is 0 Å². The van der Waals surface area contributed by atoms with E-state index in [0.29, 0.717) is 6.04 Å². The molecule has 0 bridgehead atoms. The Bertz CT molecular complexity index is 219. The molecule has 1 fully saturated rings. The molecule has 0 aromatic rings. The summed E-state index contributed by atoms with van der Waals surface area (Å²) in [5.41, 5.74) is 0. The first-order valence-electron chi connectivity index (χ1n) is 8.53. The van der Waals surface area contributed by atoms with Crippen molar-refractivity contribution in [2.24, 2.45) is 5.92 Å². The molecule has 19 heavy (non-hydrogen) atoms. The topological polar surface area (TPSA) is 15.3 Å². The molecule has 2 nitrogen and oxygen atoms in total. The van der Waals surface area contributed by atoms with Gasteiger partial charge in [0.15, 0.2) is 0 Å². The average molecular weight is 268 g/mol. The summed E-state index contributed by atoms with van der Waals surface area (Å²) in [6.07, 6.45) is 8.36. The van der Waals surface area contributed by atoms with Crippen LogP contribution in [0.2, 0.25) is 0 Å². The van der Waals surface area contributed by atoms with Crippen molar-refractivity contribution in [3.05, 3.63) is 0 Å². The number of nitrogens with one attached hydrogen (secondary N) is 1. The van der Waals surface area contributed by atoms with Crippen molar-refractivity contribution in [1.82, 2.24) is 10.2 Å². The molecule has 0 aromatic heterocycles. The van der Waals surface area contributed by atoms with Crippen LogP contribution < -0.4 is 5.32 Å². The second-order valence-corrected chi connectivity index (χ2v) is 7.03. The third-order valence-electron chi connectivity index (χ3n) is 4.22. The highest BCUT2D eigenvalue weighted by molar-refractivity contribution is 4.85. The zero-order chi connectivity index (χ0) is 14.3. The van der Waals surface area contributed by atoms with Gasteiger partial charge >= 0.3 is 0 Å². The van der Waals surface area contributed by atoms with Gasteiger partial charge < -0.3 is 5.32 Å². The van der Waals surface area contributed by atoms with Gasteiger partial charge in [0.1, 0.15) is 0 Å². The van der Waals surface area contributed by atoms with E-state index in [9.17, 15) is 0 Å². The van der Waals surface area contributed by atoms with Crippen LogP contribution >= 0.6 is 0 Å². The lowest BCUT2D eigenvalue weighted by atomic mass is 10.0. The summed E-state index contributed by atoms with van der Waals surface area (Å²) in [5, 5.41) is 3.67. The number of rotatable bonds is 9. The second kappa shape index (κ2) is 8.97. The van der Waals surface area contributed by atoms with Crippen molar-refractivity contribution >= 4 is 0 Å². The minimum Gasteiger partial charge on any atom is -0.313 e. The van der Waals surface area contributed by atoms with Gasteiger partial charge in [0.25, 0.3) is 0 Å². The summed E-state index contributed by atoms with van der Waals surface area (Å²) in [4.78, 5) is 2.84. The monoisotopic (exact) mass is 268 g/mol. The molecule has 0 spiro atoms. The van der Waals surface area contributed by atoms with E-state index in [-0.39, 0.29) is 0 Å². The Morgan fingerprint density at radius 3 is 2.21 bits per heavy atom. The Kier molecular flexibility index (Phi) is 8.01. The third-order valence-corrected chi connectivity index (χ3v) is 4.22. The molecule has 0 saturated heterocycles. The maximum absolute atomic E-state index is 3.67. The zero-order valence-electron chi connectivity index (χ0n) is 13.9. The summed E-state index contributed by atoms with van der Waals surface area (Å²) < 4.78 is 0. The Morgan fingerprint density at radius 1 is 1.11 bits per heavy atom. The van der Waals surface area contributed by atoms with E-state index in [1.807, 2.05) is 0 Å². The fourth-order valence-electron chi connectivity index (χ4n) is 3.34. The van der Waals surface area contributed by atoms with Gasteiger partial charge in [0.2, 0.25) is 0 Å². The first-order valence-corrected chi connectivity index (χ1v) is 8.53. The van der Waals surface area contributed by atoms with Crippen LogP contribution in [0.25, 0.3) is 0 Å². The lowest BCUT2D eigenvalue weighted by molar-refractivity contribution is 0.108. The smallest absolute Gasteiger partial charge is 0.0223 e. The third kappa shape index (κ3) is 6.27. The van der Waals surface area contributed by atoms with Gasteiger partial charge in [-0.3, -0.25) is 4.90 Å². The minimum atomic E-state index is 0.601. The quantitative estimate of drug-likeness (QED) is 0.678. The van der Waals surface area contributed by atoms with Gasteiger partial charge in [0.05, 0.1) is 0 Å². The Hall–Kier alpha value is -0.0800. The Labute approximate surface area is 121 Å². The molecular weight excluding hydrogens is 232 g/mol. The van der Waals surface area contributed by atoms with Crippen molar-refractivity contribution in [3.63, 3.8) is 0 Å². The molecule has 2 heteroatoms. The molecule has 1 atom stereocenters. The van der Waals surface area contributed by atoms with Crippen molar-refractivity contribution < 1.29 is 0 Å². The number of hydrogen-bond acceptors (Lipinski definition) is 2. The molecule has 1 aliphatic carbocycles. The van der Waals surface area contributed by atoms with Gasteiger partial charge in [-0.25, -0.2) is 0 Å². The normalized spacial score (nSPS) is 18.9. The van der Waals surface area contributed by atoms with E-state index < -0.39 is 0 Å². The van der Waals surface area contributed by atoms with Crippen molar-refractivity contribution in [1.29, 1.82) is 0 Å². The summed E-state index contributed by atoms with van der Waals surface area (Å²) in [6, 6.07) is 2.19. The van der Waals surface area contributed by atoms with Crippen LogP contribution in [0, 0.1) is 5.92 Å². The van der Waals surface area contributed by atoms with Crippen LogP contribution in [0.3, 0.4) is 0 Å². The lowest BCUT2D eigenvalue weighted by Gasteiger charge is -2.38. The zero-order valence-corrected chi connectivity index (χ0v) is 13.9. The van der Waals surface area contributed by atoms with Gasteiger partial charge in [0, 0.05) is 31.2 Å². The molecule has 0 heterocycles. The van der Waals surface area contributed by atoms with Crippen LogP contribution in [-0.4, -0.2) is 36.1 Å². The number of nitrogens with zero attached hydrogens (tertiary/aromatic N) is 1. The first-order chi connectivity index (χ1) is 9.04. The standard InChI is InChI=1S/C17H36N2/c1-6-9-17(12-18-15(4)5)19(13-14(2)3)16-10-7-8-11-16/h14-18H,6-13H2,1-5H3. The fraction of sp³-hybridized carbons (Fsp3) is 1.00. The van der Waals surface area contributed by atoms with Crippen LogP contribution in [0.4, 0.5) is 0 Å². The van der Waals surface area contributed by atoms with Crippen molar-refractivity contribution in [2.45, 2.75) is 91.3 Å². The van der Waals surface area contributed by atoms with Gasteiger partial charge in [-0.2, -0.15) is 0 Å². The van der Waals surface area contributed by atoms with E-state index in [0.717, 1.165) is 24.5 Å². The van der Waals surface area contributed by atoms with Crippen molar-refractivity contribution in [3.8, 4) is 0 Å². The molecule has 1 unspecified atom stereocenters. The van der Waals surface area contributed by atoms with Gasteiger partial charge in [-0.1, -0.05) is 53.9 Å². The minimum absolute atomic E-state index is 0.601. The molecule has 1 N–H and O–H groups in total. The van der Waals surface area contributed by atoms with Crippen molar-refractivity contribution in [2.75, 3.05) is 13.1 Å². The van der Waals surface area contributed by atoms with Crippen LogP contribution in [0.15, 0.2) is 0 Å². The summed E-state index contributed by atoms with van der Waals surface area (Å²) in [7, 11) is 0. The fourth-order valence-corrected chi connectivity index (χ4v) is 3.34. The average Bonchev–Trinajstić information content (AvgIpc) is 2.85. The first kappa shape index (κ1) is 17.0. The van der Waals surface area contributed by atoms with Gasteiger partial charge in [-0.05, 0) is 25.2 Å². The van der Waals surface area contributed by atoms with E-state index in [4.69, 9.17) is 0 Å². The molecule has 1 aliphatic rings.